The fourth-order valence-electron chi connectivity index (χ4n) is 4.96. The molecule has 2 saturated carbocycles. The average molecular weight is 479 g/mol. The van der Waals surface area contributed by atoms with Gasteiger partial charge in [0.15, 0.2) is 0 Å². The summed E-state index contributed by atoms with van der Waals surface area (Å²) in [6, 6.07) is 7.82. The maximum Gasteiger partial charge on any atom is 0.407 e. The number of ether oxygens (including phenoxy) is 1. The number of nitrogens with one attached hydrogen (secondary N) is 4. The summed E-state index contributed by atoms with van der Waals surface area (Å²) in [6.07, 6.45) is 5.14. The van der Waals surface area contributed by atoms with Gasteiger partial charge in [-0.2, -0.15) is 4.98 Å². The summed E-state index contributed by atoms with van der Waals surface area (Å²) in [5.41, 5.74) is 2.31. The Morgan fingerprint density at radius 3 is 2.57 bits per heavy atom. The van der Waals surface area contributed by atoms with Gasteiger partial charge in [0, 0.05) is 11.7 Å². The molecule has 3 aliphatic rings. The van der Waals surface area contributed by atoms with Crippen LogP contribution in [0, 0.1) is 6.92 Å². The molecule has 2 atom stereocenters. The van der Waals surface area contributed by atoms with Gasteiger partial charge in [-0.1, -0.05) is 25.0 Å². The van der Waals surface area contributed by atoms with E-state index in [1.807, 2.05) is 52.0 Å². The molecule has 4 N–H and O–H groups in total. The number of aryl methyl sites for hydroxylation is 1. The molecule has 0 bridgehead atoms. The van der Waals surface area contributed by atoms with Gasteiger partial charge >= 0.3 is 6.09 Å². The predicted octanol–water partition coefficient (Wildman–Crippen LogP) is 4.51. The average Bonchev–Trinajstić information content (AvgIpc) is 3.47. The Hall–Kier alpha value is -3.36. The highest BCUT2D eigenvalue weighted by molar-refractivity contribution is 6.04. The van der Waals surface area contributed by atoms with Crippen LogP contribution in [0.2, 0.25) is 0 Å². The minimum Gasteiger partial charge on any atom is -0.444 e. The largest absolute Gasteiger partial charge is 0.444 e. The third kappa shape index (κ3) is 5.04. The van der Waals surface area contributed by atoms with Crippen molar-refractivity contribution in [3.8, 4) is 0 Å². The lowest BCUT2D eigenvalue weighted by atomic mass is 9.90. The summed E-state index contributed by atoms with van der Waals surface area (Å²) < 4.78 is 5.48. The Labute approximate surface area is 205 Å². The van der Waals surface area contributed by atoms with E-state index in [0.29, 0.717) is 17.3 Å². The van der Waals surface area contributed by atoms with Crippen molar-refractivity contribution in [2.24, 2.45) is 0 Å². The van der Waals surface area contributed by atoms with E-state index in [2.05, 4.69) is 21.3 Å². The van der Waals surface area contributed by atoms with Crippen LogP contribution in [0.4, 0.5) is 22.2 Å². The van der Waals surface area contributed by atoms with Crippen LogP contribution in [0.3, 0.4) is 0 Å². The molecule has 5 rings (SSSR count). The summed E-state index contributed by atoms with van der Waals surface area (Å²) in [7, 11) is 0. The first-order valence-electron chi connectivity index (χ1n) is 12.5. The molecule has 1 aliphatic heterocycles. The SMILES string of the molecule is Cc1cccc(Nc2nc(N[C@@H]3CCCC[C@@H]3NC(=O)OC(C)(C)C)nc3c2C(=O)NC32CC2)c1. The fraction of sp³-hybridized carbons (Fsp3) is 0.538. The molecule has 9 nitrogen and oxygen atoms in total. The van der Waals surface area contributed by atoms with E-state index in [4.69, 9.17) is 14.7 Å². The first-order chi connectivity index (χ1) is 16.6. The number of nitrogens with zero attached hydrogens (tertiary/aromatic N) is 2. The lowest BCUT2D eigenvalue weighted by Crippen LogP contribution is -2.50. The van der Waals surface area contributed by atoms with Crippen molar-refractivity contribution in [2.45, 2.75) is 89.4 Å². The highest BCUT2D eigenvalue weighted by Crippen LogP contribution is 2.51. The number of benzene rings is 1. The van der Waals surface area contributed by atoms with Gasteiger partial charge < -0.3 is 26.0 Å². The summed E-state index contributed by atoms with van der Waals surface area (Å²) in [5, 5.41) is 13.0. The van der Waals surface area contributed by atoms with Crippen LogP contribution in [-0.4, -0.2) is 39.7 Å². The van der Waals surface area contributed by atoms with Gasteiger partial charge in [0.1, 0.15) is 17.0 Å². The number of alkyl carbamates (subject to hydrolysis) is 1. The molecule has 0 radical (unpaired) electrons. The van der Waals surface area contributed by atoms with Crippen LogP contribution < -0.4 is 21.3 Å². The number of anilines is 3. The van der Waals surface area contributed by atoms with E-state index < -0.39 is 11.7 Å². The molecule has 0 unspecified atom stereocenters. The van der Waals surface area contributed by atoms with Gasteiger partial charge in [0.25, 0.3) is 5.91 Å². The minimum atomic E-state index is -0.556. The van der Waals surface area contributed by atoms with Gasteiger partial charge in [0.2, 0.25) is 5.95 Å². The molecular formula is C26H34N6O3. The third-order valence-electron chi connectivity index (χ3n) is 6.76. The van der Waals surface area contributed by atoms with Crippen LogP contribution in [0.1, 0.15) is 80.9 Å². The highest BCUT2D eigenvalue weighted by Gasteiger charge is 2.55. The molecule has 1 aromatic carbocycles. The van der Waals surface area contributed by atoms with Gasteiger partial charge in [-0.15, -0.1) is 0 Å². The van der Waals surface area contributed by atoms with Crippen LogP contribution in [-0.2, 0) is 10.3 Å². The van der Waals surface area contributed by atoms with E-state index in [-0.39, 0.29) is 23.5 Å². The molecule has 2 fully saturated rings. The fourth-order valence-corrected chi connectivity index (χ4v) is 4.96. The van der Waals surface area contributed by atoms with Crippen molar-refractivity contribution in [1.29, 1.82) is 0 Å². The minimum absolute atomic E-state index is 0.0404. The molecule has 2 amide bonds. The second kappa shape index (κ2) is 8.70. The first kappa shape index (κ1) is 23.4. The Balaban J connectivity index is 1.42. The van der Waals surface area contributed by atoms with E-state index in [9.17, 15) is 9.59 Å². The number of hydrogen-bond donors (Lipinski definition) is 4. The molecule has 9 heteroatoms. The van der Waals surface area contributed by atoms with Gasteiger partial charge in [-0.05, 0) is 71.1 Å². The first-order valence-corrected chi connectivity index (χ1v) is 12.5. The van der Waals surface area contributed by atoms with Crippen molar-refractivity contribution >= 4 is 29.5 Å². The molecule has 1 spiro atoms. The normalized spacial score (nSPS) is 22.2. The number of rotatable bonds is 5. The smallest absolute Gasteiger partial charge is 0.407 e. The van der Waals surface area contributed by atoms with E-state index in [0.717, 1.165) is 55.5 Å². The Bertz CT molecular complexity index is 1150. The molecule has 35 heavy (non-hydrogen) atoms. The number of aromatic nitrogens is 2. The van der Waals surface area contributed by atoms with Crippen LogP contribution in [0.5, 0.6) is 0 Å². The topological polar surface area (TPSA) is 117 Å². The van der Waals surface area contributed by atoms with E-state index in [1.54, 1.807) is 0 Å². The van der Waals surface area contributed by atoms with E-state index in [1.165, 1.54) is 0 Å². The molecule has 0 saturated heterocycles. The summed E-state index contributed by atoms with van der Waals surface area (Å²) in [4.78, 5) is 34.9. The Kier molecular flexibility index (Phi) is 5.81. The standard InChI is InChI=1S/C26H34N6O3/c1-15-8-7-9-16(14-15)27-21-19-20(26(12-13-26)32-22(19)33)30-23(31-21)28-17-10-5-6-11-18(17)29-24(34)35-25(2,3)4/h7-9,14,17-18H,5-6,10-13H2,1-4H3,(H,29,34)(H,32,33)(H2,27,28,30,31)/t17-,18+/m1/s1. The number of hydrogen-bond acceptors (Lipinski definition) is 7. The highest BCUT2D eigenvalue weighted by atomic mass is 16.6. The number of carbonyl (C=O) groups excluding carboxylic acids is 2. The molecule has 2 heterocycles. The quantitative estimate of drug-likeness (QED) is 0.499. The summed E-state index contributed by atoms with van der Waals surface area (Å²) >= 11 is 0. The zero-order valence-corrected chi connectivity index (χ0v) is 20.8. The summed E-state index contributed by atoms with van der Waals surface area (Å²) in [5.74, 6) is 0.822. The maximum atomic E-state index is 12.9. The van der Waals surface area contributed by atoms with Crippen molar-refractivity contribution in [3.63, 3.8) is 0 Å². The number of amides is 2. The number of carbonyl (C=O) groups is 2. The zero-order chi connectivity index (χ0) is 24.8. The second-order valence-electron chi connectivity index (χ2n) is 10.9. The van der Waals surface area contributed by atoms with Crippen LogP contribution >= 0.6 is 0 Å². The summed E-state index contributed by atoms with van der Waals surface area (Å²) in [6.45, 7) is 7.59. The molecular weight excluding hydrogens is 444 g/mol. The second-order valence-corrected chi connectivity index (χ2v) is 10.9. The monoisotopic (exact) mass is 478 g/mol. The third-order valence-corrected chi connectivity index (χ3v) is 6.76. The molecule has 2 aromatic rings. The van der Waals surface area contributed by atoms with Crippen LogP contribution in [0.25, 0.3) is 0 Å². The molecule has 186 valence electrons. The van der Waals surface area contributed by atoms with Gasteiger partial charge in [0.05, 0.1) is 17.3 Å². The lowest BCUT2D eigenvalue weighted by molar-refractivity contribution is 0.0488. The zero-order valence-electron chi connectivity index (χ0n) is 20.8. The van der Waals surface area contributed by atoms with Crippen molar-refractivity contribution in [3.05, 3.63) is 41.1 Å². The van der Waals surface area contributed by atoms with Crippen molar-refractivity contribution in [1.82, 2.24) is 20.6 Å². The lowest BCUT2D eigenvalue weighted by Gasteiger charge is -2.33. The van der Waals surface area contributed by atoms with Gasteiger partial charge in [-0.3, -0.25) is 4.79 Å². The maximum absolute atomic E-state index is 12.9. The van der Waals surface area contributed by atoms with Crippen molar-refractivity contribution < 1.29 is 14.3 Å². The van der Waals surface area contributed by atoms with E-state index >= 15 is 0 Å². The van der Waals surface area contributed by atoms with Crippen LogP contribution in [0.15, 0.2) is 24.3 Å². The Morgan fingerprint density at radius 1 is 1.14 bits per heavy atom. The number of fused-ring (bicyclic) bond motifs is 2. The Morgan fingerprint density at radius 2 is 1.89 bits per heavy atom. The predicted molar refractivity (Wildman–Crippen MR) is 134 cm³/mol. The van der Waals surface area contributed by atoms with Gasteiger partial charge in [-0.25, -0.2) is 9.78 Å². The molecule has 1 aromatic heterocycles. The van der Waals surface area contributed by atoms with Crippen molar-refractivity contribution in [2.75, 3.05) is 10.6 Å². The molecule has 2 aliphatic carbocycles.